The van der Waals surface area contributed by atoms with Gasteiger partial charge in [0, 0.05) is 30.0 Å². The van der Waals surface area contributed by atoms with Gasteiger partial charge in [0.2, 0.25) is 12.1 Å². The van der Waals surface area contributed by atoms with Crippen LogP contribution in [-0.4, -0.2) is 57.1 Å². The minimum absolute atomic E-state index is 0.185. The molecule has 10 heteroatoms. The fourth-order valence-electron chi connectivity index (χ4n) is 2.02. The lowest BCUT2D eigenvalue weighted by Gasteiger charge is -2.28. The molecular weight excluding hydrogens is 352 g/mol. The number of rotatable bonds is 5. The lowest BCUT2D eigenvalue weighted by atomic mass is 9.96. The van der Waals surface area contributed by atoms with Gasteiger partial charge in [-0.1, -0.05) is 32.5 Å². The molecule has 2 heterocycles. The summed E-state index contributed by atoms with van der Waals surface area (Å²) in [4.78, 5) is 21.4. The third-order valence-electron chi connectivity index (χ3n) is 3.45. The Morgan fingerprint density at radius 1 is 1.38 bits per heavy atom. The minimum Gasteiger partial charge on any atom is -0.442 e. The highest BCUT2D eigenvalue weighted by Crippen LogP contribution is 2.38. The van der Waals surface area contributed by atoms with Gasteiger partial charge in [-0.25, -0.2) is 0 Å². The van der Waals surface area contributed by atoms with E-state index in [-0.39, 0.29) is 17.4 Å². The van der Waals surface area contributed by atoms with Crippen LogP contribution in [0, 0.1) is 15.5 Å². The van der Waals surface area contributed by atoms with E-state index in [0.717, 1.165) is 11.5 Å². The summed E-state index contributed by atoms with van der Waals surface area (Å²) >= 11 is 3.08. The molecule has 0 amide bonds. The Bertz CT molecular complexity index is 603. The summed E-state index contributed by atoms with van der Waals surface area (Å²) in [6.45, 7) is 6.70. The van der Waals surface area contributed by atoms with Gasteiger partial charge in [0.25, 0.3) is 0 Å². The third kappa shape index (κ3) is 4.42. The number of hydrogen-bond acceptors (Lipinski definition) is 9. The molecule has 24 heavy (non-hydrogen) atoms. The van der Waals surface area contributed by atoms with Gasteiger partial charge >= 0.3 is 11.6 Å². The van der Waals surface area contributed by atoms with Crippen molar-refractivity contribution in [2.45, 2.75) is 32.2 Å². The van der Waals surface area contributed by atoms with Crippen molar-refractivity contribution in [2.24, 2.45) is 5.41 Å². The van der Waals surface area contributed by atoms with Crippen LogP contribution in [0.2, 0.25) is 0 Å². The second-order valence-corrected chi connectivity index (χ2v) is 8.38. The molecule has 2 rings (SSSR count). The smallest absolute Gasteiger partial charge is 0.373 e. The molecule has 1 fully saturated rings. The van der Waals surface area contributed by atoms with Gasteiger partial charge in [0.05, 0.1) is 4.92 Å². The SMILES string of the molecule is CSc1nc(OC(O)C(C)(C)C)c([N+](=O)[O-])c(N2CCSCC2)n1. The Balaban J connectivity index is 2.49. The Labute approximate surface area is 149 Å². The van der Waals surface area contributed by atoms with Gasteiger partial charge < -0.3 is 14.7 Å². The average Bonchev–Trinajstić information content (AvgIpc) is 2.53. The quantitative estimate of drug-likeness (QED) is 0.274. The van der Waals surface area contributed by atoms with Crippen LogP contribution in [0.15, 0.2) is 5.16 Å². The van der Waals surface area contributed by atoms with Crippen LogP contribution in [0.1, 0.15) is 20.8 Å². The summed E-state index contributed by atoms with van der Waals surface area (Å²) in [6, 6.07) is 0. The maximum atomic E-state index is 11.6. The van der Waals surface area contributed by atoms with Crippen LogP contribution < -0.4 is 9.64 Å². The van der Waals surface area contributed by atoms with Crippen molar-refractivity contribution in [3.8, 4) is 5.88 Å². The first-order valence-electron chi connectivity index (χ1n) is 7.52. The first-order chi connectivity index (χ1) is 11.2. The number of ether oxygens (including phenoxy) is 1. The monoisotopic (exact) mass is 374 g/mol. The second-order valence-electron chi connectivity index (χ2n) is 6.38. The Hall–Kier alpha value is -1.26. The number of aliphatic hydroxyl groups excluding tert-OH is 1. The topological polar surface area (TPSA) is 102 Å². The molecule has 0 bridgehead atoms. The van der Waals surface area contributed by atoms with E-state index in [1.807, 2.05) is 4.90 Å². The largest absolute Gasteiger partial charge is 0.442 e. The molecule has 134 valence electrons. The van der Waals surface area contributed by atoms with Crippen LogP contribution in [0.5, 0.6) is 5.88 Å². The Morgan fingerprint density at radius 3 is 2.50 bits per heavy atom. The molecule has 1 N–H and O–H groups in total. The van der Waals surface area contributed by atoms with Crippen molar-refractivity contribution >= 4 is 35.0 Å². The molecule has 0 radical (unpaired) electrons. The van der Waals surface area contributed by atoms with E-state index < -0.39 is 16.6 Å². The van der Waals surface area contributed by atoms with Gasteiger partial charge in [0.15, 0.2) is 5.16 Å². The van der Waals surface area contributed by atoms with E-state index in [4.69, 9.17) is 4.74 Å². The zero-order valence-electron chi connectivity index (χ0n) is 14.2. The van der Waals surface area contributed by atoms with Crippen LogP contribution in [0.3, 0.4) is 0 Å². The number of nitrogens with zero attached hydrogens (tertiary/aromatic N) is 4. The zero-order valence-corrected chi connectivity index (χ0v) is 15.8. The number of nitro groups is 1. The van der Waals surface area contributed by atoms with Gasteiger partial charge in [-0.3, -0.25) is 10.1 Å². The maximum Gasteiger partial charge on any atom is 0.373 e. The van der Waals surface area contributed by atoms with Crippen LogP contribution in [0.25, 0.3) is 0 Å². The van der Waals surface area contributed by atoms with Crippen molar-refractivity contribution in [1.29, 1.82) is 0 Å². The van der Waals surface area contributed by atoms with Crippen molar-refractivity contribution in [3.63, 3.8) is 0 Å². The fourth-order valence-corrected chi connectivity index (χ4v) is 3.27. The molecule has 0 spiro atoms. The molecule has 1 unspecified atom stereocenters. The van der Waals surface area contributed by atoms with E-state index in [1.54, 1.807) is 38.8 Å². The zero-order chi connectivity index (χ0) is 17.9. The standard InChI is InChI=1S/C14H22N4O4S2/c1-14(2,3)12(19)22-11-9(18(20)21)10(15-13(16-11)23-4)17-5-7-24-8-6-17/h12,19H,5-8H2,1-4H3. The highest BCUT2D eigenvalue weighted by atomic mass is 32.2. The van der Waals surface area contributed by atoms with Crippen molar-refractivity contribution < 1.29 is 14.8 Å². The maximum absolute atomic E-state index is 11.6. The molecule has 1 aliphatic rings. The number of anilines is 1. The molecule has 1 atom stereocenters. The van der Waals surface area contributed by atoms with Gasteiger partial charge in [-0.15, -0.1) is 0 Å². The number of hydrogen-bond donors (Lipinski definition) is 1. The number of thioether (sulfide) groups is 2. The normalized spacial score (nSPS) is 16.8. The lowest BCUT2D eigenvalue weighted by Crippen LogP contribution is -2.35. The van der Waals surface area contributed by atoms with Gasteiger partial charge in [-0.05, 0) is 6.26 Å². The van der Waals surface area contributed by atoms with Crippen LogP contribution >= 0.6 is 23.5 Å². The molecule has 1 saturated heterocycles. The van der Waals surface area contributed by atoms with Crippen LogP contribution in [0.4, 0.5) is 11.5 Å². The Kier molecular flexibility index (Phi) is 6.16. The highest BCUT2D eigenvalue weighted by molar-refractivity contribution is 7.99. The fraction of sp³-hybridized carbons (Fsp3) is 0.714. The molecule has 1 aromatic rings. The van der Waals surface area contributed by atoms with Gasteiger partial charge in [0.1, 0.15) is 0 Å². The molecule has 1 aromatic heterocycles. The van der Waals surface area contributed by atoms with E-state index >= 15 is 0 Å². The molecular formula is C14H22N4O4S2. The molecule has 0 aromatic carbocycles. The molecule has 8 nitrogen and oxygen atoms in total. The van der Waals surface area contributed by atoms with E-state index in [2.05, 4.69) is 9.97 Å². The van der Waals surface area contributed by atoms with Gasteiger partial charge in [-0.2, -0.15) is 21.7 Å². The second kappa shape index (κ2) is 7.75. The highest BCUT2D eigenvalue weighted by Gasteiger charge is 2.34. The van der Waals surface area contributed by atoms with E-state index in [0.29, 0.717) is 18.2 Å². The molecule has 1 aliphatic heterocycles. The first kappa shape index (κ1) is 19.1. The summed E-state index contributed by atoms with van der Waals surface area (Å²) in [5, 5.41) is 22.2. The number of aromatic nitrogens is 2. The lowest BCUT2D eigenvalue weighted by molar-refractivity contribution is -0.386. The Morgan fingerprint density at radius 2 is 2.00 bits per heavy atom. The first-order valence-corrected chi connectivity index (χ1v) is 9.90. The van der Waals surface area contributed by atoms with Crippen molar-refractivity contribution in [2.75, 3.05) is 35.8 Å². The number of aliphatic hydroxyl groups is 1. The molecule has 0 aliphatic carbocycles. The third-order valence-corrected chi connectivity index (χ3v) is 4.94. The summed E-state index contributed by atoms with van der Waals surface area (Å²) in [5.41, 5.74) is -0.886. The van der Waals surface area contributed by atoms with Crippen molar-refractivity contribution in [3.05, 3.63) is 10.1 Å². The van der Waals surface area contributed by atoms with Crippen molar-refractivity contribution in [1.82, 2.24) is 9.97 Å². The summed E-state index contributed by atoms with van der Waals surface area (Å²) in [7, 11) is 0. The summed E-state index contributed by atoms with van der Waals surface area (Å²) < 4.78 is 5.46. The van der Waals surface area contributed by atoms with E-state index in [1.165, 1.54) is 11.8 Å². The summed E-state index contributed by atoms with van der Waals surface area (Å²) in [5.74, 6) is 1.85. The minimum atomic E-state index is -1.22. The summed E-state index contributed by atoms with van der Waals surface area (Å²) in [6.07, 6.45) is 0.576. The molecule has 0 saturated carbocycles. The van der Waals surface area contributed by atoms with E-state index in [9.17, 15) is 15.2 Å². The predicted octanol–water partition coefficient (Wildman–Crippen LogP) is 2.40. The average molecular weight is 374 g/mol. The predicted molar refractivity (Wildman–Crippen MR) is 96.1 cm³/mol. The van der Waals surface area contributed by atoms with Crippen LogP contribution in [-0.2, 0) is 0 Å².